The number of rotatable bonds is 6. The molecule has 6 rings (SSSR count). The third-order valence-corrected chi connectivity index (χ3v) is 10.2. The van der Waals surface area contributed by atoms with Gasteiger partial charge in [0.05, 0.1) is 39.3 Å². The maximum atomic E-state index is 13.5. The van der Waals surface area contributed by atoms with Crippen molar-refractivity contribution in [1.82, 2.24) is 4.98 Å². The van der Waals surface area contributed by atoms with Crippen LogP contribution in [-0.4, -0.2) is 35.2 Å². The van der Waals surface area contributed by atoms with Crippen molar-refractivity contribution in [2.45, 2.75) is 34.1 Å². The van der Waals surface area contributed by atoms with Crippen LogP contribution >= 0.6 is 27.5 Å². The molecule has 45 heavy (non-hydrogen) atoms. The van der Waals surface area contributed by atoms with Crippen LogP contribution in [0, 0.1) is 38.5 Å². The molecule has 0 radical (unpaired) electrons. The number of amides is 2. The van der Waals surface area contributed by atoms with Crippen LogP contribution in [0.4, 0.5) is 5.69 Å². The van der Waals surface area contributed by atoms with Crippen molar-refractivity contribution < 1.29 is 23.9 Å². The second kappa shape index (κ2) is 12.0. The highest BCUT2D eigenvalue weighted by Gasteiger charge is 2.50. The van der Waals surface area contributed by atoms with Gasteiger partial charge in [0.15, 0.2) is 12.4 Å². The van der Waals surface area contributed by atoms with Gasteiger partial charge in [-0.05, 0) is 96.1 Å². The first-order valence-electron chi connectivity index (χ1n) is 14.7. The molecular weight excluding hydrogens is 656 g/mol. The number of fused-ring (bicyclic) bond motifs is 2. The monoisotopic (exact) mass is 684 g/mol. The first kappa shape index (κ1) is 30.9. The van der Waals surface area contributed by atoms with E-state index in [0.717, 1.165) is 11.1 Å². The summed E-state index contributed by atoms with van der Waals surface area (Å²) in [4.78, 5) is 59.0. The van der Waals surface area contributed by atoms with Crippen molar-refractivity contribution in [3.05, 3.63) is 104 Å². The Morgan fingerprint density at radius 3 is 2.42 bits per heavy atom. The lowest BCUT2D eigenvalue weighted by molar-refractivity contribution is -0.122. The number of ether oxygens (including phenoxy) is 1. The lowest BCUT2D eigenvalue weighted by Gasteiger charge is -2.22. The van der Waals surface area contributed by atoms with Gasteiger partial charge in [0.25, 0.3) is 0 Å². The van der Waals surface area contributed by atoms with Crippen molar-refractivity contribution in [1.29, 1.82) is 0 Å². The molecule has 1 aliphatic heterocycles. The van der Waals surface area contributed by atoms with E-state index in [-0.39, 0.29) is 40.9 Å². The Morgan fingerprint density at radius 2 is 1.73 bits per heavy atom. The topological polar surface area (TPSA) is 93.6 Å². The van der Waals surface area contributed by atoms with Gasteiger partial charge in [0.1, 0.15) is 0 Å². The number of carbonyl (C=O) groups is 4. The number of carbonyl (C=O) groups excluding carboxylic acids is 4. The van der Waals surface area contributed by atoms with Gasteiger partial charge in [-0.1, -0.05) is 54.9 Å². The van der Waals surface area contributed by atoms with Crippen molar-refractivity contribution in [2.75, 3.05) is 11.5 Å². The van der Waals surface area contributed by atoms with E-state index in [1.54, 1.807) is 48.5 Å². The second-order valence-electron chi connectivity index (χ2n) is 11.8. The van der Waals surface area contributed by atoms with Gasteiger partial charge in [-0.25, -0.2) is 9.78 Å². The Balaban J connectivity index is 1.33. The van der Waals surface area contributed by atoms with E-state index in [2.05, 4.69) is 15.9 Å². The van der Waals surface area contributed by atoms with Crippen molar-refractivity contribution >= 4 is 67.7 Å². The number of ketones is 1. The standard InChI is InChI=1S/C36H30BrClN2O5/c1-18-8-9-23(14-20(18)3)30(41)17-45-36(44)27-16-29(39-33-21(4)32(38)28(37)15-26(27)33)22-10-12-24(13-11-22)40-34(42)25-7-5-6-19(2)31(25)35(40)43/h5-6,8-16,19,25,31H,7,17H2,1-4H3. The fourth-order valence-electron chi connectivity index (χ4n) is 6.17. The Bertz CT molecular complexity index is 1950. The van der Waals surface area contributed by atoms with Gasteiger partial charge < -0.3 is 4.74 Å². The van der Waals surface area contributed by atoms with E-state index < -0.39 is 12.6 Å². The third kappa shape index (κ3) is 5.51. The lowest BCUT2D eigenvalue weighted by Crippen LogP contribution is -2.31. The maximum absolute atomic E-state index is 13.5. The Hall–Kier alpha value is -4.14. The molecule has 4 aromatic rings. The zero-order valence-electron chi connectivity index (χ0n) is 25.2. The van der Waals surface area contributed by atoms with E-state index in [4.69, 9.17) is 21.3 Å². The highest BCUT2D eigenvalue weighted by Crippen LogP contribution is 2.41. The predicted molar refractivity (Wildman–Crippen MR) is 178 cm³/mol. The summed E-state index contributed by atoms with van der Waals surface area (Å²) in [5, 5.41) is 0.981. The van der Waals surface area contributed by atoms with Gasteiger partial charge in [-0.2, -0.15) is 0 Å². The zero-order valence-corrected chi connectivity index (χ0v) is 27.5. The first-order chi connectivity index (χ1) is 21.5. The molecule has 0 saturated carbocycles. The fraction of sp³-hybridized carbons (Fsp3) is 0.250. The molecule has 0 bridgehead atoms. The molecule has 228 valence electrons. The van der Waals surface area contributed by atoms with E-state index >= 15 is 0 Å². The molecule has 9 heteroatoms. The van der Waals surface area contributed by atoms with Crippen LogP contribution in [0.3, 0.4) is 0 Å². The number of allylic oxidation sites excluding steroid dienone is 2. The van der Waals surface area contributed by atoms with Crippen LogP contribution in [0.25, 0.3) is 22.2 Å². The van der Waals surface area contributed by atoms with E-state index in [0.29, 0.717) is 54.9 Å². The molecule has 1 aromatic heterocycles. The Morgan fingerprint density at radius 1 is 1.00 bits per heavy atom. The number of hydrogen-bond donors (Lipinski definition) is 0. The summed E-state index contributed by atoms with van der Waals surface area (Å²) in [6.07, 6.45) is 4.53. The molecular formula is C36H30BrClN2O5. The molecule has 1 aliphatic carbocycles. The number of pyridine rings is 1. The van der Waals surface area contributed by atoms with Crippen LogP contribution in [-0.2, 0) is 14.3 Å². The fourth-order valence-corrected chi connectivity index (χ4v) is 6.84. The zero-order chi connectivity index (χ0) is 32.2. The van der Waals surface area contributed by atoms with Gasteiger partial charge in [-0.15, -0.1) is 0 Å². The van der Waals surface area contributed by atoms with Crippen molar-refractivity contribution in [3.8, 4) is 11.3 Å². The number of nitrogens with zero attached hydrogens (tertiary/aromatic N) is 2. The number of Topliss-reactive ketones (excluding diaryl/α,β-unsaturated/α-hetero) is 1. The van der Waals surface area contributed by atoms with Gasteiger partial charge >= 0.3 is 5.97 Å². The predicted octanol–water partition coefficient (Wildman–Crippen LogP) is 7.98. The molecule has 0 spiro atoms. The van der Waals surface area contributed by atoms with Gasteiger partial charge in [0.2, 0.25) is 11.8 Å². The second-order valence-corrected chi connectivity index (χ2v) is 13.0. The molecule has 2 heterocycles. The SMILES string of the molecule is Cc1ccc(C(=O)COC(=O)c2cc(-c3ccc(N4C(=O)C5CC=CC(C)C5C4=O)cc3)nc3c(C)c(Cl)c(Br)cc23)cc1C. The minimum Gasteiger partial charge on any atom is -0.454 e. The molecule has 3 aromatic carbocycles. The quantitative estimate of drug-likeness (QED) is 0.0885. The Labute approximate surface area is 274 Å². The minimum absolute atomic E-state index is 0.00384. The molecule has 1 fully saturated rings. The first-order valence-corrected chi connectivity index (χ1v) is 15.8. The number of imide groups is 1. The largest absolute Gasteiger partial charge is 0.454 e. The summed E-state index contributed by atoms with van der Waals surface area (Å²) >= 11 is 10.0. The normalized spacial score (nSPS) is 19.2. The molecule has 2 aliphatic rings. The number of aromatic nitrogens is 1. The summed E-state index contributed by atoms with van der Waals surface area (Å²) in [7, 11) is 0. The number of hydrogen-bond acceptors (Lipinski definition) is 6. The smallest absolute Gasteiger partial charge is 0.339 e. The summed E-state index contributed by atoms with van der Waals surface area (Å²) in [6, 6.07) is 15.7. The van der Waals surface area contributed by atoms with Crippen LogP contribution in [0.5, 0.6) is 0 Å². The lowest BCUT2D eigenvalue weighted by atomic mass is 9.78. The number of halogens is 2. The van der Waals surface area contributed by atoms with Gasteiger partial charge in [-0.3, -0.25) is 19.3 Å². The molecule has 3 unspecified atom stereocenters. The molecule has 1 saturated heterocycles. The molecule has 2 amide bonds. The number of aryl methyl sites for hydroxylation is 3. The van der Waals surface area contributed by atoms with E-state index in [1.165, 1.54) is 4.90 Å². The number of benzene rings is 3. The summed E-state index contributed by atoms with van der Waals surface area (Å²) < 4.78 is 6.13. The summed E-state index contributed by atoms with van der Waals surface area (Å²) in [5.74, 6) is -2.06. The van der Waals surface area contributed by atoms with Crippen LogP contribution in [0.1, 0.15) is 50.8 Å². The van der Waals surface area contributed by atoms with Gasteiger partial charge in [0, 0.05) is 21.0 Å². The number of anilines is 1. The average molecular weight is 686 g/mol. The van der Waals surface area contributed by atoms with Crippen LogP contribution < -0.4 is 4.90 Å². The Kier molecular flexibility index (Phi) is 8.22. The van der Waals surface area contributed by atoms with E-state index in [1.807, 2.05) is 45.9 Å². The number of esters is 1. The third-order valence-electron chi connectivity index (χ3n) is 8.90. The highest BCUT2D eigenvalue weighted by atomic mass is 79.9. The minimum atomic E-state index is -0.676. The average Bonchev–Trinajstić information content (AvgIpc) is 3.29. The van der Waals surface area contributed by atoms with Crippen molar-refractivity contribution in [3.63, 3.8) is 0 Å². The van der Waals surface area contributed by atoms with E-state index in [9.17, 15) is 19.2 Å². The molecule has 3 atom stereocenters. The summed E-state index contributed by atoms with van der Waals surface area (Å²) in [6.45, 7) is 7.24. The van der Waals surface area contributed by atoms with Crippen LogP contribution in [0.15, 0.2) is 71.2 Å². The van der Waals surface area contributed by atoms with Crippen molar-refractivity contribution in [2.24, 2.45) is 17.8 Å². The maximum Gasteiger partial charge on any atom is 0.339 e. The molecule has 0 N–H and O–H groups in total. The molecule has 7 nitrogen and oxygen atoms in total. The highest BCUT2D eigenvalue weighted by molar-refractivity contribution is 9.10. The summed E-state index contributed by atoms with van der Waals surface area (Å²) in [5.41, 5.74) is 5.52. The van der Waals surface area contributed by atoms with Crippen LogP contribution in [0.2, 0.25) is 5.02 Å².